The second-order valence-corrected chi connectivity index (χ2v) is 4.36. The van der Waals surface area contributed by atoms with E-state index >= 15 is 0 Å². The number of nitrogens with one attached hydrogen (secondary N) is 1. The van der Waals surface area contributed by atoms with Crippen LogP contribution >= 0.6 is 15.9 Å². The third-order valence-corrected chi connectivity index (χ3v) is 2.69. The van der Waals surface area contributed by atoms with Gasteiger partial charge in [0.1, 0.15) is 0 Å². The first-order valence-corrected chi connectivity index (χ1v) is 5.73. The summed E-state index contributed by atoms with van der Waals surface area (Å²) in [4.78, 5) is 4.21. The highest BCUT2D eigenvalue weighted by Gasteiger charge is 1.95. The third-order valence-electron chi connectivity index (χ3n) is 2.17. The second-order valence-electron chi connectivity index (χ2n) is 3.44. The highest BCUT2D eigenvalue weighted by Crippen LogP contribution is 2.14. The maximum Gasteiger partial charge on any atom is 0.0596 e. The summed E-state index contributed by atoms with van der Waals surface area (Å²) in [6.45, 7) is 0.696. The molecule has 0 aliphatic heterocycles. The van der Waals surface area contributed by atoms with Gasteiger partial charge in [0.25, 0.3) is 0 Å². The van der Waals surface area contributed by atoms with Crippen LogP contribution in [0.4, 0.5) is 11.4 Å². The van der Waals surface area contributed by atoms with Crippen molar-refractivity contribution >= 4 is 27.3 Å². The van der Waals surface area contributed by atoms with E-state index in [0.29, 0.717) is 12.2 Å². The van der Waals surface area contributed by atoms with Crippen LogP contribution in [0.2, 0.25) is 0 Å². The van der Waals surface area contributed by atoms with Crippen LogP contribution in [-0.4, -0.2) is 4.98 Å². The lowest BCUT2D eigenvalue weighted by Crippen LogP contribution is -2.01. The number of nitrogens with two attached hydrogens (primary N) is 1. The minimum absolute atomic E-state index is 0.687. The lowest BCUT2D eigenvalue weighted by Gasteiger charge is -2.05. The standard InChI is InChI=1S/C12H12BrN3/c13-9-1-4-11(5-2-9)16-8-12-6-3-10(14)7-15-12/h1-7,16H,8,14H2. The summed E-state index contributed by atoms with van der Waals surface area (Å²) in [5, 5.41) is 3.28. The number of hydrogen-bond donors (Lipinski definition) is 2. The molecule has 1 heterocycles. The summed E-state index contributed by atoms with van der Waals surface area (Å²) in [7, 11) is 0. The summed E-state index contributed by atoms with van der Waals surface area (Å²) < 4.78 is 1.07. The number of aromatic nitrogens is 1. The van der Waals surface area contributed by atoms with Crippen molar-refractivity contribution in [1.29, 1.82) is 0 Å². The van der Waals surface area contributed by atoms with Crippen LogP contribution in [0.1, 0.15) is 5.69 Å². The molecule has 3 N–H and O–H groups in total. The molecule has 4 heteroatoms. The normalized spacial score (nSPS) is 10.1. The Bertz CT molecular complexity index is 405. The van der Waals surface area contributed by atoms with Gasteiger partial charge < -0.3 is 11.1 Å². The number of anilines is 2. The molecule has 0 aliphatic carbocycles. The molecule has 1 aromatic heterocycles. The summed E-state index contributed by atoms with van der Waals surface area (Å²) in [6.07, 6.45) is 1.67. The zero-order valence-corrected chi connectivity index (χ0v) is 10.2. The van der Waals surface area contributed by atoms with E-state index in [1.165, 1.54) is 0 Å². The Labute approximate surface area is 103 Å². The number of benzene rings is 1. The number of rotatable bonds is 3. The van der Waals surface area contributed by atoms with Gasteiger partial charge in [0.05, 0.1) is 24.1 Å². The van der Waals surface area contributed by atoms with Gasteiger partial charge in [0, 0.05) is 10.2 Å². The molecule has 1 aromatic carbocycles. The molecule has 0 unspecified atom stereocenters. The van der Waals surface area contributed by atoms with E-state index in [1.807, 2.05) is 36.4 Å². The zero-order valence-electron chi connectivity index (χ0n) is 8.65. The maximum absolute atomic E-state index is 5.56. The highest BCUT2D eigenvalue weighted by atomic mass is 79.9. The lowest BCUT2D eigenvalue weighted by molar-refractivity contribution is 1.05. The topological polar surface area (TPSA) is 50.9 Å². The first-order valence-electron chi connectivity index (χ1n) is 4.94. The van der Waals surface area contributed by atoms with Crippen LogP contribution in [0.5, 0.6) is 0 Å². The van der Waals surface area contributed by atoms with Gasteiger partial charge in [-0.05, 0) is 36.4 Å². The molecular weight excluding hydrogens is 266 g/mol. The van der Waals surface area contributed by atoms with Gasteiger partial charge >= 0.3 is 0 Å². The van der Waals surface area contributed by atoms with E-state index in [1.54, 1.807) is 6.20 Å². The van der Waals surface area contributed by atoms with Crippen LogP contribution in [-0.2, 0) is 6.54 Å². The predicted octanol–water partition coefficient (Wildman–Crippen LogP) is 3.04. The minimum Gasteiger partial charge on any atom is -0.397 e. The SMILES string of the molecule is Nc1ccc(CNc2ccc(Br)cc2)nc1. The van der Waals surface area contributed by atoms with Crippen molar-refractivity contribution in [2.75, 3.05) is 11.1 Å². The third kappa shape index (κ3) is 2.97. The molecule has 82 valence electrons. The molecule has 0 aliphatic rings. The number of pyridine rings is 1. The summed E-state index contributed by atoms with van der Waals surface area (Å²) in [5.74, 6) is 0. The Hall–Kier alpha value is -1.55. The van der Waals surface area contributed by atoms with Crippen LogP contribution in [0.25, 0.3) is 0 Å². The Morgan fingerprint density at radius 1 is 1.12 bits per heavy atom. The largest absolute Gasteiger partial charge is 0.397 e. The molecule has 16 heavy (non-hydrogen) atoms. The Kier molecular flexibility index (Phi) is 3.41. The van der Waals surface area contributed by atoms with E-state index in [4.69, 9.17) is 5.73 Å². The fourth-order valence-corrected chi connectivity index (χ4v) is 1.57. The van der Waals surface area contributed by atoms with Gasteiger partial charge in [-0.3, -0.25) is 4.98 Å². The Morgan fingerprint density at radius 2 is 1.88 bits per heavy atom. The van der Waals surface area contributed by atoms with Gasteiger partial charge in [-0.1, -0.05) is 15.9 Å². The molecule has 0 saturated carbocycles. The number of nitrogen functional groups attached to an aromatic ring is 1. The quantitative estimate of drug-likeness (QED) is 0.907. The van der Waals surface area contributed by atoms with Crippen molar-refractivity contribution in [3.05, 3.63) is 52.8 Å². The number of hydrogen-bond acceptors (Lipinski definition) is 3. The Morgan fingerprint density at radius 3 is 2.50 bits per heavy atom. The molecule has 0 amide bonds. The van der Waals surface area contributed by atoms with E-state index in [-0.39, 0.29) is 0 Å². The monoisotopic (exact) mass is 277 g/mol. The molecule has 2 rings (SSSR count). The summed E-state index contributed by atoms with van der Waals surface area (Å²) in [6, 6.07) is 11.8. The average molecular weight is 278 g/mol. The van der Waals surface area contributed by atoms with Crippen molar-refractivity contribution in [1.82, 2.24) is 4.98 Å². The Balaban J connectivity index is 1.97. The molecule has 0 radical (unpaired) electrons. The second kappa shape index (κ2) is 4.99. The molecule has 0 atom stereocenters. The van der Waals surface area contributed by atoms with E-state index in [9.17, 15) is 0 Å². The lowest BCUT2D eigenvalue weighted by atomic mass is 10.3. The van der Waals surface area contributed by atoms with Gasteiger partial charge in [0.15, 0.2) is 0 Å². The van der Waals surface area contributed by atoms with E-state index < -0.39 is 0 Å². The molecule has 3 nitrogen and oxygen atoms in total. The molecule has 0 fully saturated rings. The zero-order chi connectivity index (χ0) is 11.4. The summed E-state index contributed by atoms with van der Waals surface area (Å²) >= 11 is 3.40. The fourth-order valence-electron chi connectivity index (χ4n) is 1.30. The van der Waals surface area contributed by atoms with Crippen molar-refractivity contribution in [2.24, 2.45) is 0 Å². The molecule has 2 aromatic rings. The highest BCUT2D eigenvalue weighted by molar-refractivity contribution is 9.10. The van der Waals surface area contributed by atoms with E-state index in [2.05, 4.69) is 26.2 Å². The van der Waals surface area contributed by atoms with E-state index in [0.717, 1.165) is 15.9 Å². The number of nitrogens with zero attached hydrogens (tertiary/aromatic N) is 1. The smallest absolute Gasteiger partial charge is 0.0596 e. The van der Waals surface area contributed by atoms with Crippen LogP contribution < -0.4 is 11.1 Å². The average Bonchev–Trinajstić information content (AvgIpc) is 2.30. The molecule has 0 spiro atoms. The van der Waals surface area contributed by atoms with Gasteiger partial charge in [0.2, 0.25) is 0 Å². The minimum atomic E-state index is 0.687. The van der Waals surface area contributed by atoms with Gasteiger partial charge in [-0.25, -0.2) is 0 Å². The van der Waals surface area contributed by atoms with Crippen LogP contribution in [0.15, 0.2) is 47.1 Å². The fraction of sp³-hybridized carbons (Fsp3) is 0.0833. The van der Waals surface area contributed by atoms with Gasteiger partial charge in [-0.15, -0.1) is 0 Å². The molecule has 0 bridgehead atoms. The molecular formula is C12H12BrN3. The number of halogens is 1. The first-order chi connectivity index (χ1) is 7.74. The summed E-state index contributed by atoms with van der Waals surface area (Å²) in [5.41, 5.74) is 8.29. The van der Waals surface area contributed by atoms with Crippen LogP contribution in [0, 0.1) is 0 Å². The van der Waals surface area contributed by atoms with Crippen molar-refractivity contribution in [2.45, 2.75) is 6.54 Å². The molecule has 0 saturated heterocycles. The van der Waals surface area contributed by atoms with Crippen LogP contribution in [0.3, 0.4) is 0 Å². The predicted molar refractivity (Wildman–Crippen MR) is 70.1 cm³/mol. The van der Waals surface area contributed by atoms with Crippen molar-refractivity contribution < 1.29 is 0 Å². The van der Waals surface area contributed by atoms with Crippen molar-refractivity contribution in [3.63, 3.8) is 0 Å². The van der Waals surface area contributed by atoms with Crippen molar-refractivity contribution in [3.8, 4) is 0 Å². The maximum atomic E-state index is 5.56. The first kappa shape index (κ1) is 11.0. The van der Waals surface area contributed by atoms with Gasteiger partial charge in [-0.2, -0.15) is 0 Å².